The van der Waals surface area contributed by atoms with Gasteiger partial charge in [-0.1, -0.05) is 19.3 Å². The summed E-state index contributed by atoms with van der Waals surface area (Å²) in [5.41, 5.74) is 0. The molecule has 0 radical (unpaired) electrons. The Kier molecular flexibility index (Phi) is 5.13. The van der Waals surface area contributed by atoms with Gasteiger partial charge in [0.15, 0.2) is 9.84 Å². The van der Waals surface area contributed by atoms with Gasteiger partial charge < -0.3 is 10.4 Å². The first-order chi connectivity index (χ1) is 8.29. The van der Waals surface area contributed by atoms with E-state index in [1.807, 2.05) is 0 Å². The number of hydrogen-bond acceptors (Lipinski definition) is 4. The molecule has 0 bridgehead atoms. The summed E-state index contributed by atoms with van der Waals surface area (Å²) in [5.74, 6) is -2.75. The van der Waals surface area contributed by atoms with Gasteiger partial charge in [0.25, 0.3) is 0 Å². The molecule has 2 atom stereocenters. The van der Waals surface area contributed by atoms with Crippen LogP contribution in [0.15, 0.2) is 0 Å². The van der Waals surface area contributed by atoms with E-state index in [0.717, 1.165) is 25.5 Å². The number of amides is 1. The maximum absolute atomic E-state index is 11.5. The van der Waals surface area contributed by atoms with Crippen LogP contribution in [0.4, 0.5) is 0 Å². The minimum atomic E-state index is -3.38. The van der Waals surface area contributed by atoms with Gasteiger partial charge in [0.1, 0.15) is 5.75 Å². The predicted molar refractivity (Wildman–Crippen MR) is 65.9 cm³/mol. The third kappa shape index (κ3) is 5.03. The Hall–Kier alpha value is -1.11. The summed E-state index contributed by atoms with van der Waals surface area (Å²) in [6.07, 6.45) is 4.73. The molecule has 0 aromatic rings. The number of rotatable bonds is 4. The van der Waals surface area contributed by atoms with Crippen LogP contribution in [-0.4, -0.2) is 43.5 Å². The highest BCUT2D eigenvalue weighted by Crippen LogP contribution is 2.23. The molecule has 1 aliphatic rings. The number of carboxylic acids is 1. The molecule has 6 nitrogen and oxygen atoms in total. The van der Waals surface area contributed by atoms with Crippen molar-refractivity contribution in [2.45, 2.75) is 38.1 Å². The highest BCUT2D eigenvalue weighted by atomic mass is 32.2. The Bertz CT molecular complexity index is 417. The van der Waals surface area contributed by atoms with Crippen molar-refractivity contribution in [1.82, 2.24) is 5.32 Å². The van der Waals surface area contributed by atoms with E-state index in [-0.39, 0.29) is 0 Å². The molecule has 0 heterocycles. The summed E-state index contributed by atoms with van der Waals surface area (Å²) in [5, 5.41) is 11.7. The summed E-state index contributed by atoms with van der Waals surface area (Å²) in [6, 6.07) is -0.459. The molecule has 0 aromatic carbocycles. The van der Waals surface area contributed by atoms with Gasteiger partial charge in [-0.15, -0.1) is 0 Å². The van der Waals surface area contributed by atoms with Crippen LogP contribution >= 0.6 is 0 Å². The third-order valence-electron chi connectivity index (χ3n) is 3.07. The number of nitrogens with one attached hydrogen (secondary N) is 1. The molecule has 1 aliphatic carbocycles. The first kappa shape index (κ1) is 14.9. The van der Waals surface area contributed by atoms with Gasteiger partial charge in [0.05, 0.1) is 5.92 Å². The normalized spacial score (nSPS) is 25.2. The molecule has 7 heteroatoms. The van der Waals surface area contributed by atoms with E-state index < -0.39 is 39.4 Å². The van der Waals surface area contributed by atoms with Crippen molar-refractivity contribution in [3.8, 4) is 0 Å². The Labute approximate surface area is 107 Å². The maximum atomic E-state index is 11.5. The van der Waals surface area contributed by atoms with E-state index in [4.69, 9.17) is 5.11 Å². The summed E-state index contributed by atoms with van der Waals surface area (Å²) < 4.78 is 22.0. The standard InChI is InChI=1S/C11H19NO5S/c1-18(16,17)7-10(13)12-9-6-4-2-3-5-8(9)11(14)15/h8-9H,2-7H2,1H3,(H,12,13)(H,14,15). The minimum Gasteiger partial charge on any atom is -0.481 e. The third-order valence-corrected chi connectivity index (χ3v) is 3.86. The van der Waals surface area contributed by atoms with Crippen LogP contribution in [0.5, 0.6) is 0 Å². The average Bonchev–Trinajstić information content (AvgIpc) is 2.39. The number of hydrogen-bond donors (Lipinski definition) is 2. The van der Waals surface area contributed by atoms with E-state index >= 15 is 0 Å². The van der Waals surface area contributed by atoms with Crippen molar-refractivity contribution in [2.24, 2.45) is 5.92 Å². The zero-order chi connectivity index (χ0) is 13.8. The van der Waals surface area contributed by atoms with Gasteiger partial charge in [-0.25, -0.2) is 8.42 Å². The van der Waals surface area contributed by atoms with Crippen LogP contribution in [0, 0.1) is 5.92 Å². The Morgan fingerprint density at radius 1 is 1.22 bits per heavy atom. The van der Waals surface area contributed by atoms with Gasteiger partial charge in [-0.3, -0.25) is 9.59 Å². The molecule has 1 saturated carbocycles. The molecular formula is C11H19NO5S. The van der Waals surface area contributed by atoms with Gasteiger partial charge in [-0.2, -0.15) is 0 Å². The molecule has 0 spiro atoms. The Balaban J connectivity index is 2.66. The van der Waals surface area contributed by atoms with E-state index in [1.165, 1.54) is 0 Å². The second-order valence-electron chi connectivity index (χ2n) is 4.83. The molecule has 0 aromatic heterocycles. The van der Waals surface area contributed by atoms with Crippen LogP contribution in [0.25, 0.3) is 0 Å². The van der Waals surface area contributed by atoms with Crippen molar-refractivity contribution >= 4 is 21.7 Å². The fraction of sp³-hybridized carbons (Fsp3) is 0.818. The minimum absolute atomic E-state index is 0.459. The van der Waals surface area contributed by atoms with Crippen LogP contribution in [-0.2, 0) is 19.4 Å². The second kappa shape index (κ2) is 6.17. The molecule has 0 saturated heterocycles. The predicted octanol–water partition coefficient (Wildman–Crippen LogP) is 0.181. The first-order valence-electron chi connectivity index (χ1n) is 5.99. The zero-order valence-electron chi connectivity index (χ0n) is 10.4. The molecule has 18 heavy (non-hydrogen) atoms. The lowest BCUT2D eigenvalue weighted by Crippen LogP contribution is -2.44. The van der Waals surface area contributed by atoms with Gasteiger partial charge in [0.2, 0.25) is 5.91 Å². The molecule has 2 unspecified atom stereocenters. The SMILES string of the molecule is CS(=O)(=O)CC(=O)NC1CCCCCC1C(=O)O. The Morgan fingerprint density at radius 2 is 1.83 bits per heavy atom. The van der Waals surface area contributed by atoms with Crippen molar-refractivity contribution in [1.29, 1.82) is 0 Å². The quantitative estimate of drug-likeness (QED) is 0.714. The smallest absolute Gasteiger partial charge is 0.308 e. The van der Waals surface area contributed by atoms with Crippen molar-refractivity contribution in [3.05, 3.63) is 0 Å². The Morgan fingerprint density at radius 3 is 2.39 bits per heavy atom. The molecule has 104 valence electrons. The lowest BCUT2D eigenvalue weighted by atomic mass is 9.95. The van der Waals surface area contributed by atoms with Crippen LogP contribution in [0.1, 0.15) is 32.1 Å². The van der Waals surface area contributed by atoms with Crippen LogP contribution in [0.2, 0.25) is 0 Å². The van der Waals surface area contributed by atoms with Gasteiger partial charge >= 0.3 is 5.97 Å². The first-order valence-corrected chi connectivity index (χ1v) is 8.05. The highest BCUT2D eigenvalue weighted by Gasteiger charge is 2.30. The lowest BCUT2D eigenvalue weighted by Gasteiger charge is -2.22. The van der Waals surface area contributed by atoms with Crippen LogP contribution in [0.3, 0.4) is 0 Å². The second-order valence-corrected chi connectivity index (χ2v) is 6.97. The molecule has 1 fully saturated rings. The monoisotopic (exact) mass is 277 g/mol. The van der Waals surface area contributed by atoms with Crippen molar-refractivity contribution in [3.63, 3.8) is 0 Å². The number of carbonyl (C=O) groups excluding carboxylic acids is 1. The number of aliphatic carboxylic acids is 1. The number of sulfone groups is 1. The molecule has 1 amide bonds. The van der Waals surface area contributed by atoms with Gasteiger partial charge in [-0.05, 0) is 12.8 Å². The molecule has 1 rings (SSSR count). The van der Waals surface area contributed by atoms with E-state index in [1.54, 1.807) is 0 Å². The van der Waals surface area contributed by atoms with Gasteiger partial charge in [0, 0.05) is 12.3 Å². The molecule has 2 N–H and O–H groups in total. The summed E-state index contributed by atoms with van der Waals surface area (Å²) in [7, 11) is -3.38. The topological polar surface area (TPSA) is 101 Å². The maximum Gasteiger partial charge on any atom is 0.308 e. The van der Waals surface area contributed by atoms with Crippen molar-refractivity contribution in [2.75, 3.05) is 12.0 Å². The fourth-order valence-electron chi connectivity index (χ4n) is 2.26. The van der Waals surface area contributed by atoms with Crippen LogP contribution < -0.4 is 5.32 Å². The van der Waals surface area contributed by atoms with E-state index in [0.29, 0.717) is 12.8 Å². The fourth-order valence-corrected chi connectivity index (χ4v) is 2.82. The zero-order valence-corrected chi connectivity index (χ0v) is 11.2. The van der Waals surface area contributed by atoms with Crippen molar-refractivity contribution < 1.29 is 23.1 Å². The molecule has 0 aliphatic heterocycles. The highest BCUT2D eigenvalue weighted by molar-refractivity contribution is 7.91. The number of carbonyl (C=O) groups is 2. The average molecular weight is 277 g/mol. The lowest BCUT2D eigenvalue weighted by molar-refractivity contribution is -0.143. The largest absolute Gasteiger partial charge is 0.481 e. The summed E-state index contributed by atoms with van der Waals surface area (Å²) in [6.45, 7) is 0. The summed E-state index contributed by atoms with van der Waals surface area (Å²) >= 11 is 0. The molecular weight excluding hydrogens is 258 g/mol. The number of carboxylic acid groups (broad SMARTS) is 1. The van der Waals surface area contributed by atoms with E-state index in [2.05, 4.69) is 5.32 Å². The van der Waals surface area contributed by atoms with E-state index in [9.17, 15) is 18.0 Å². The summed E-state index contributed by atoms with van der Waals surface area (Å²) in [4.78, 5) is 22.6.